The second-order valence-electron chi connectivity index (χ2n) is 6.49. The molecule has 0 aromatic carbocycles. The van der Waals surface area contributed by atoms with Crippen molar-refractivity contribution in [3.05, 3.63) is 0 Å². The highest BCUT2D eigenvalue weighted by atomic mass is 32.8. The van der Waals surface area contributed by atoms with Gasteiger partial charge in [-0.1, -0.05) is 19.3 Å². The van der Waals surface area contributed by atoms with Crippen LogP contribution >= 0.6 is 0 Å². The Bertz CT molecular complexity index is 375. The highest BCUT2D eigenvalue weighted by molar-refractivity contribution is 8.07. The van der Waals surface area contributed by atoms with Crippen LogP contribution in [0.3, 0.4) is 0 Å². The molecule has 3 aliphatic rings. The summed E-state index contributed by atoms with van der Waals surface area (Å²) in [5.74, 6) is -0.199. The van der Waals surface area contributed by atoms with Gasteiger partial charge in [-0.25, -0.2) is 0 Å². The number of carboxylic acid groups (broad SMARTS) is 1. The Morgan fingerprint density at radius 3 is 2.30 bits per heavy atom. The summed E-state index contributed by atoms with van der Waals surface area (Å²) in [6.07, 6.45) is 9.32. The van der Waals surface area contributed by atoms with Crippen LogP contribution in [-0.2, 0) is 36.7 Å². The van der Waals surface area contributed by atoms with Crippen LogP contribution in [0.25, 0.3) is 0 Å². The molecule has 5 nitrogen and oxygen atoms in total. The Morgan fingerprint density at radius 2 is 1.70 bits per heavy atom. The van der Waals surface area contributed by atoms with E-state index in [9.17, 15) is 14.7 Å². The lowest BCUT2D eigenvalue weighted by atomic mass is 9.84. The molecule has 0 aromatic heterocycles. The van der Waals surface area contributed by atoms with Crippen LogP contribution in [0, 0.1) is 11.8 Å². The summed E-state index contributed by atoms with van der Waals surface area (Å²) in [6.45, 7) is 0. The van der Waals surface area contributed by atoms with E-state index >= 15 is 0 Å². The number of esters is 1. The van der Waals surface area contributed by atoms with Gasteiger partial charge < -0.3 is 14.9 Å². The molecule has 0 radical (unpaired) electrons. The normalized spacial score (nSPS) is 32.3. The average Bonchev–Trinajstić information content (AvgIpc) is 2.92. The van der Waals surface area contributed by atoms with E-state index in [0.717, 1.165) is 32.1 Å². The van der Waals surface area contributed by atoms with Crippen molar-refractivity contribution >= 4 is 34.3 Å². The number of aliphatic hydroxyl groups is 1. The van der Waals surface area contributed by atoms with E-state index in [1.165, 1.54) is 19.3 Å². The number of carboxylic acids is 1. The van der Waals surface area contributed by atoms with Crippen LogP contribution in [0.15, 0.2) is 0 Å². The minimum atomic E-state index is -0.795. The number of hydrogen-bond acceptors (Lipinski definition) is 6. The number of carbonyl (C=O) groups excluding carboxylic acids is 1. The van der Waals surface area contributed by atoms with Gasteiger partial charge in [-0.2, -0.15) is 0 Å². The number of carbonyl (C=O) groups is 2. The zero-order valence-corrected chi connectivity index (χ0v) is 14.9. The SMILES string of the molecule is O=C(O)C[C@@H]1CCCC[C@H]1O.O=C1C[C@@H]2CCCC[C@H]2O1.S=S. The summed E-state index contributed by atoms with van der Waals surface area (Å²) in [7, 11) is 0. The highest BCUT2D eigenvalue weighted by Gasteiger charge is 2.35. The molecule has 2 aliphatic carbocycles. The maximum absolute atomic E-state index is 10.8. The maximum Gasteiger partial charge on any atom is 0.306 e. The van der Waals surface area contributed by atoms with Crippen LogP contribution in [-0.4, -0.2) is 34.4 Å². The number of hydrogen-bond donors (Lipinski definition) is 2. The lowest BCUT2D eigenvalue weighted by Crippen LogP contribution is -2.26. The van der Waals surface area contributed by atoms with Gasteiger partial charge in [-0.15, -0.1) is 0 Å². The molecule has 4 atom stereocenters. The number of aliphatic carboxylic acids is 1. The predicted molar refractivity (Wildman–Crippen MR) is 91.4 cm³/mol. The minimum absolute atomic E-state index is 0.00116. The molecule has 0 unspecified atom stereocenters. The number of ether oxygens (including phenoxy) is 1. The molecule has 2 saturated carbocycles. The average molecular weight is 363 g/mol. The third kappa shape index (κ3) is 7.18. The van der Waals surface area contributed by atoms with Crippen molar-refractivity contribution in [3.63, 3.8) is 0 Å². The summed E-state index contributed by atoms with van der Waals surface area (Å²) < 4.78 is 5.13. The van der Waals surface area contributed by atoms with Gasteiger partial charge in [0, 0.05) is 28.3 Å². The fraction of sp³-hybridized carbons (Fsp3) is 0.875. The molecule has 0 bridgehead atoms. The fourth-order valence-corrected chi connectivity index (χ4v) is 3.64. The van der Waals surface area contributed by atoms with Crippen molar-refractivity contribution in [1.82, 2.24) is 0 Å². The van der Waals surface area contributed by atoms with Crippen molar-refractivity contribution in [2.45, 2.75) is 76.4 Å². The molecule has 0 aromatic rings. The first-order chi connectivity index (χ1) is 11.1. The maximum atomic E-state index is 10.8. The van der Waals surface area contributed by atoms with Gasteiger partial charge in [0.05, 0.1) is 18.9 Å². The van der Waals surface area contributed by atoms with E-state index in [1.54, 1.807) is 0 Å². The smallest absolute Gasteiger partial charge is 0.306 e. The van der Waals surface area contributed by atoms with E-state index in [4.69, 9.17) is 9.84 Å². The molecule has 23 heavy (non-hydrogen) atoms. The summed E-state index contributed by atoms with van der Waals surface area (Å²) in [6, 6.07) is 0. The molecular formula is C16H26O5S2. The van der Waals surface area contributed by atoms with Crippen molar-refractivity contribution in [1.29, 1.82) is 0 Å². The van der Waals surface area contributed by atoms with Gasteiger partial charge >= 0.3 is 11.9 Å². The van der Waals surface area contributed by atoms with E-state index in [2.05, 4.69) is 22.4 Å². The van der Waals surface area contributed by atoms with E-state index in [0.29, 0.717) is 18.4 Å². The quantitative estimate of drug-likeness (QED) is 0.730. The Hall–Kier alpha value is -0.660. The first-order valence-corrected chi connectivity index (χ1v) is 9.65. The molecule has 3 rings (SSSR count). The summed E-state index contributed by atoms with van der Waals surface area (Å²) in [5, 5.41) is 17.8. The van der Waals surface area contributed by atoms with E-state index in [1.807, 2.05) is 0 Å². The van der Waals surface area contributed by atoms with Gasteiger partial charge in [-0.3, -0.25) is 9.59 Å². The van der Waals surface area contributed by atoms with Gasteiger partial charge in [0.25, 0.3) is 0 Å². The van der Waals surface area contributed by atoms with Crippen molar-refractivity contribution in [2.24, 2.45) is 11.8 Å². The van der Waals surface area contributed by atoms with Crippen LogP contribution < -0.4 is 0 Å². The lowest BCUT2D eigenvalue weighted by Gasteiger charge is -2.25. The standard InChI is InChI=1S/C8H14O3.C8H12O2.S2/c9-7-4-2-1-3-6(7)5-8(10)11;9-8-5-6-3-1-2-4-7(6)10-8;1-2/h6-7,9H,1-5H2,(H,10,11);6-7H,1-5H2;/t2*6-,7+;/m00./s1. The molecule has 132 valence electrons. The van der Waals surface area contributed by atoms with Crippen molar-refractivity contribution in [2.75, 3.05) is 0 Å². The molecule has 0 spiro atoms. The lowest BCUT2D eigenvalue weighted by molar-refractivity contribution is -0.142. The van der Waals surface area contributed by atoms with Crippen molar-refractivity contribution in [3.8, 4) is 0 Å². The van der Waals surface area contributed by atoms with E-state index in [-0.39, 0.29) is 24.4 Å². The molecular weight excluding hydrogens is 336 g/mol. The Labute approximate surface area is 147 Å². The zero-order chi connectivity index (χ0) is 17.2. The highest BCUT2D eigenvalue weighted by Crippen LogP contribution is 2.34. The van der Waals surface area contributed by atoms with Crippen LogP contribution in [0.5, 0.6) is 0 Å². The summed E-state index contributed by atoms with van der Waals surface area (Å²) in [4.78, 5) is 21.1. The predicted octanol–water partition coefficient (Wildman–Crippen LogP) is 2.50. The second-order valence-corrected chi connectivity index (χ2v) is 6.49. The first kappa shape index (κ1) is 20.4. The topological polar surface area (TPSA) is 83.8 Å². The van der Waals surface area contributed by atoms with Gasteiger partial charge in [0.1, 0.15) is 6.10 Å². The number of fused-ring (bicyclic) bond motifs is 1. The Kier molecular flexibility index (Phi) is 9.74. The molecule has 3 fully saturated rings. The number of rotatable bonds is 2. The molecule has 1 heterocycles. The molecule has 7 heteroatoms. The summed E-state index contributed by atoms with van der Waals surface area (Å²) in [5.41, 5.74) is 0. The monoisotopic (exact) mass is 362 g/mol. The fourth-order valence-electron chi connectivity index (χ4n) is 3.64. The third-order valence-electron chi connectivity index (χ3n) is 4.86. The molecule has 1 aliphatic heterocycles. The first-order valence-electron chi connectivity index (χ1n) is 8.32. The largest absolute Gasteiger partial charge is 0.481 e. The second kappa shape index (κ2) is 11.0. The molecule has 1 saturated heterocycles. The Balaban J connectivity index is 0.000000208. The molecule has 0 amide bonds. The van der Waals surface area contributed by atoms with E-state index < -0.39 is 5.97 Å². The van der Waals surface area contributed by atoms with Crippen LogP contribution in [0.2, 0.25) is 0 Å². The number of aliphatic hydroxyl groups excluding tert-OH is 1. The zero-order valence-electron chi connectivity index (χ0n) is 13.3. The van der Waals surface area contributed by atoms with Crippen LogP contribution in [0.1, 0.15) is 64.2 Å². The minimum Gasteiger partial charge on any atom is -0.481 e. The Morgan fingerprint density at radius 1 is 1.09 bits per heavy atom. The third-order valence-corrected chi connectivity index (χ3v) is 4.86. The summed E-state index contributed by atoms with van der Waals surface area (Å²) >= 11 is 7.33. The van der Waals surface area contributed by atoms with Gasteiger partial charge in [-0.05, 0) is 38.0 Å². The van der Waals surface area contributed by atoms with Crippen LogP contribution in [0.4, 0.5) is 0 Å². The van der Waals surface area contributed by atoms with Gasteiger partial charge in [0.2, 0.25) is 0 Å². The van der Waals surface area contributed by atoms with Gasteiger partial charge in [0.15, 0.2) is 0 Å². The molecule has 2 N–H and O–H groups in total. The van der Waals surface area contributed by atoms with Crippen molar-refractivity contribution < 1.29 is 24.5 Å².